The number of aromatic nitrogens is 1. The van der Waals surface area contributed by atoms with Crippen LogP contribution in [0.25, 0.3) is 0 Å². The minimum Gasteiger partial charge on any atom is -0.415 e. The Hall–Kier alpha value is -1.15. The molecular weight excluding hydrogens is 382 g/mol. The fraction of sp³-hybridized carbons (Fsp3) is 0.684. The molecule has 3 heterocycles. The lowest BCUT2D eigenvalue weighted by Gasteiger charge is -2.36. The molecule has 8 heteroatoms. The zero-order valence-electron chi connectivity index (χ0n) is 16.9. The van der Waals surface area contributed by atoms with Gasteiger partial charge in [0.2, 0.25) is 5.91 Å². The summed E-state index contributed by atoms with van der Waals surface area (Å²) >= 11 is 6.22. The van der Waals surface area contributed by atoms with Gasteiger partial charge in [0.05, 0.1) is 36.6 Å². The van der Waals surface area contributed by atoms with Crippen molar-refractivity contribution in [2.45, 2.75) is 51.4 Å². The monoisotopic (exact) mass is 411 g/mol. The van der Waals surface area contributed by atoms with Crippen LogP contribution < -0.4 is 9.80 Å². The number of hydrogen-bond acceptors (Lipinski definition) is 5. The molecule has 0 saturated carbocycles. The average Bonchev–Trinajstić information content (AvgIpc) is 2.69. The third-order valence-electron chi connectivity index (χ3n) is 5.90. The van der Waals surface area contributed by atoms with Crippen molar-refractivity contribution in [3.8, 4) is 0 Å². The van der Waals surface area contributed by atoms with E-state index in [0.29, 0.717) is 43.6 Å². The number of pyridine rings is 1. The Bertz CT molecular complexity index is 708. The molecule has 1 aromatic heterocycles. The first-order chi connectivity index (χ1) is 12.6. The third kappa shape index (κ3) is 4.31. The van der Waals surface area contributed by atoms with Gasteiger partial charge in [-0.1, -0.05) is 32.4 Å². The number of rotatable bonds is 4. The van der Waals surface area contributed by atoms with Gasteiger partial charge in [0.1, 0.15) is 0 Å². The van der Waals surface area contributed by atoms with Crippen LogP contribution >= 0.6 is 11.6 Å². The molecule has 1 aromatic rings. The van der Waals surface area contributed by atoms with Crippen molar-refractivity contribution in [3.05, 3.63) is 17.3 Å². The number of carbonyl (C=O) groups is 1. The number of fused-ring (bicyclic) bond motifs is 3. The second-order valence-corrected chi connectivity index (χ2v) is 14.0. The highest BCUT2D eigenvalue weighted by molar-refractivity contribution is 6.74. The Morgan fingerprint density at radius 2 is 2.15 bits per heavy atom. The van der Waals surface area contributed by atoms with Gasteiger partial charge >= 0.3 is 0 Å². The SMILES string of the molecule is CC(C)(C)[Si](C)(C)OCCN1C(=O)C[C@@H]2COCCN2c2cc(Cl)cnc21. The molecule has 1 saturated heterocycles. The summed E-state index contributed by atoms with van der Waals surface area (Å²) in [5.74, 6) is 0.732. The van der Waals surface area contributed by atoms with Gasteiger partial charge in [-0.3, -0.25) is 9.69 Å². The van der Waals surface area contributed by atoms with Gasteiger partial charge in [0, 0.05) is 25.7 Å². The number of nitrogens with zero attached hydrogens (tertiary/aromatic N) is 3. The summed E-state index contributed by atoms with van der Waals surface area (Å²) in [6.45, 7) is 14.0. The lowest BCUT2D eigenvalue weighted by atomic mass is 10.1. The Kier molecular flexibility index (Phi) is 5.87. The zero-order valence-corrected chi connectivity index (χ0v) is 18.7. The normalized spacial score (nSPS) is 21.0. The number of morpholine rings is 1. The molecule has 0 unspecified atom stereocenters. The van der Waals surface area contributed by atoms with Gasteiger partial charge < -0.3 is 14.1 Å². The molecule has 6 nitrogen and oxygen atoms in total. The summed E-state index contributed by atoms with van der Waals surface area (Å²) in [7, 11) is -1.87. The molecule has 2 aliphatic rings. The molecule has 27 heavy (non-hydrogen) atoms. The van der Waals surface area contributed by atoms with Crippen LogP contribution in [0.2, 0.25) is 23.2 Å². The first kappa shape index (κ1) is 20.6. The van der Waals surface area contributed by atoms with Crippen molar-refractivity contribution in [2.75, 3.05) is 42.7 Å². The first-order valence-electron chi connectivity index (χ1n) is 9.54. The summed E-state index contributed by atoms with van der Waals surface area (Å²) in [4.78, 5) is 21.5. The zero-order chi connectivity index (χ0) is 19.8. The van der Waals surface area contributed by atoms with E-state index < -0.39 is 8.32 Å². The topological polar surface area (TPSA) is 54.9 Å². The number of anilines is 2. The van der Waals surface area contributed by atoms with Crippen LogP contribution in [0.4, 0.5) is 11.5 Å². The fourth-order valence-corrected chi connectivity index (χ4v) is 4.44. The van der Waals surface area contributed by atoms with E-state index in [2.05, 4.69) is 43.7 Å². The maximum atomic E-state index is 13.0. The van der Waals surface area contributed by atoms with E-state index in [1.54, 1.807) is 11.1 Å². The van der Waals surface area contributed by atoms with E-state index in [0.717, 1.165) is 12.2 Å². The van der Waals surface area contributed by atoms with Crippen LogP contribution in [0, 0.1) is 0 Å². The summed E-state index contributed by atoms with van der Waals surface area (Å²) in [5.41, 5.74) is 0.911. The fourth-order valence-electron chi connectivity index (χ4n) is 3.25. The Labute approximate surface area is 167 Å². The van der Waals surface area contributed by atoms with Crippen molar-refractivity contribution in [2.24, 2.45) is 0 Å². The lowest BCUT2D eigenvalue weighted by molar-refractivity contribution is -0.119. The Morgan fingerprint density at radius 3 is 2.85 bits per heavy atom. The largest absolute Gasteiger partial charge is 0.415 e. The van der Waals surface area contributed by atoms with Crippen LogP contribution in [-0.2, 0) is 14.0 Å². The summed E-state index contributed by atoms with van der Waals surface area (Å²) in [5, 5.41) is 0.711. The van der Waals surface area contributed by atoms with Crippen LogP contribution in [0.3, 0.4) is 0 Å². The van der Waals surface area contributed by atoms with Crippen LogP contribution in [0.15, 0.2) is 12.3 Å². The maximum absolute atomic E-state index is 13.0. The molecule has 150 valence electrons. The van der Waals surface area contributed by atoms with E-state index in [-0.39, 0.29) is 17.0 Å². The van der Waals surface area contributed by atoms with Crippen molar-refractivity contribution in [1.29, 1.82) is 0 Å². The molecule has 1 amide bonds. The highest BCUT2D eigenvalue weighted by Gasteiger charge is 2.38. The van der Waals surface area contributed by atoms with Crippen molar-refractivity contribution in [3.63, 3.8) is 0 Å². The summed E-state index contributed by atoms with van der Waals surface area (Å²) in [6.07, 6.45) is 2.02. The number of hydrogen-bond donors (Lipinski definition) is 0. The molecule has 0 aromatic carbocycles. The number of halogens is 1. The van der Waals surface area contributed by atoms with E-state index in [9.17, 15) is 4.79 Å². The number of carbonyl (C=O) groups excluding carboxylic acids is 1. The van der Waals surface area contributed by atoms with Crippen LogP contribution in [0.5, 0.6) is 0 Å². The molecule has 0 aliphatic carbocycles. The van der Waals surface area contributed by atoms with E-state index >= 15 is 0 Å². The lowest BCUT2D eigenvalue weighted by Crippen LogP contribution is -2.46. The maximum Gasteiger partial charge on any atom is 0.230 e. The third-order valence-corrected chi connectivity index (χ3v) is 10.6. The van der Waals surface area contributed by atoms with Gasteiger partial charge in [-0.05, 0) is 24.2 Å². The van der Waals surface area contributed by atoms with Crippen LogP contribution in [0.1, 0.15) is 27.2 Å². The second kappa shape index (κ2) is 7.70. The summed E-state index contributed by atoms with van der Waals surface area (Å²) < 4.78 is 11.9. The van der Waals surface area contributed by atoms with Crippen molar-refractivity contribution in [1.82, 2.24) is 4.98 Å². The molecule has 0 N–H and O–H groups in total. The quantitative estimate of drug-likeness (QED) is 0.707. The molecular formula is C19H30ClN3O3Si. The molecule has 0 spiro atoms. The number of amides is 1. The van der Waals surface area contributed by atoms with Crippen LogP contribution in [-0.4, -0.2) is 58.2 Å². The Morgan fingerprint density at radius 1 is 1.41 bits per heavy atom. The van der Waals surface area contributed by atoms with Gasteiger partial charge in [0.15, 0.2) is 14.1 Å². The Balaban J connectivity index is 1.83. The number of ether oxygens (including phenoxy) is 1. The minimum atomic E-state index is -1.87. The smallest absolute Gasteiger partial charge is 0.230 e. The molecule has 1 atom stereocenters. The van der Waals surface area contributed by atoms with Crippen molar-refractivity contribution < 1.29 is 14.0 Å². The second-order valence-electron chi connectivity index (χ2n) is 8.78. The summed E-state index contributed by atoms with van der Waals surface area (Å²) in [6, 6.07) is 1.93. The van der Waals surface area contributed by atoms with E-state index in [1.807, 2.05) is 6.07 Å². The molecule has 3 rings (SSSR count). The van der Waals surface area contributed by atoms with Gasteiger partial charge in [-0.25, -0.2) is 4.98 Å². The highest BCUT2D eigenvalue weighted by atomic mass is 35.5. The highest BCUT2D eigenvalue weighted by Crippen LogP contribution is 2.38. The standard InChI is InChI=1S/C19H30ClN3O3Si/c1-19(2,3)27(4,5)26-9-7-23-17(24)11-15-13-25-8-6-22(15)16-10-14(20)12-21-18(16)23/h10,12,15H,6-9,11,13H2,1-5H3/t15-/m1/s1. The predicted molar refractivity (Wildman–Crippen MR) is 111 cm³/mol. The van der Waals surface area contributed by atoms with Crippen molar-refractivity contribution >= 4 is 37.3 Å². The minimum absolute atomic E-state index is 0.0246. The predicted octanol–water partition coefficient (Wildman–Crippen LogP) is 3.70. The molecule has 1 fully saturated rings. The molecule has 0 bridgehead atoms. The van der Waals surface area contributed by atoms with E-state index in [4.69, 9.17) is 20.8 Å². The average molecular weight is 412 g/mol. The van der Waals surface area contributed by atoms with Gasteiger partial charge in [0.25, 0.3) is 0 Å². The molecule has 0 radical (unpaired) electrons. The van der Waals surface area contributed by atoms with E-state index in [1.165, 1.54) is 0 Å². The van der Waals surface area contributed by atoms with Gasteiger partial charge in [-0.15, -0.1) is 0 Å². The molecule has 2 aliphatic heterocycles. The van der Waals surface area contributed by atoms with Gasteiger partial charge in [-0.2, -0.15) is 0 Å². The first-order valence-corrected chi connectivity index (χ1v) is 12.8.